The third kappa shape index (κ3) is 2.60. The lowest BCUT2D eigenvalue weighted by Gasteiger charge is -2.22. The lowest BCUT2D eigenvalue weighted by Crippen LogP contribution is -2.21. The second kappa shape index (κ2) is 5.63. The van der Waals surface area contributed by atoms with Crippen LogP contribution in [0.5, 0.6) is 5.75 Å². The second-order valence-corrected chi connectivity index (χ2v) is 4.92. The molecule has 19 heavy (non-hydrogen) atoms. The van der Waals surface area contributed by atoms with E-state index < -0.39 is 0 Å². The van der Waals surface area contributed by atoms with Crippen molar-refractivity contribution in [1.29, 1.82) is 0 Å². The van der Waals surface area contributed by atoms with Gasteiger partial charge < -0.3 is 19.6 Å². The van der Waals surface area contributed by atoms with E-state index in [2.05, 4.69) is 0 Å². The van der Waals surface area contributed by atoms with Crippen LogP contribution in [0.4, 0.5) is 0 Å². The second-order valence-electron chi connectivity index (χ2n) is 4.92. The van der Waals surface area contributed by atoms with Crippen molar-refractivity contribution in [2.45, 2.75) is 19.4 Å². The van der Waals surface area contributed by atoms with Gasteiger partial charge in [0.2, 0.25) is 0 Å². The largest absolute Gasteiger partial charge is 0.489 e. The smallest absolute Gasteiger partial charge is 0.169 e. The zero-order valence-electron chi connectivity index (χ0n) is 10.9. The van der Waals surface area contributed by atoms with Crippen LogP contribution in [0.3, 0.4) is 0 Å². The molecule has 2 heterocycles. The van der Waals surface area contributed by atoms with Crippen LogP contribution in [0.15, 0.2) is 28.7 Å². The van der Waals surface area contributed by atoms with E-state index in [0.717, 1.165) is 48.5 Å². The number of benzene rings is 1. The fraction of sp³-hybridized carbons (Fsp3) is 0.467. The summed E-state index contributed by atoms with van der Waals surface area (Å²) in [6.07, 6.45) is 2.13. The van der Waals surface area contributed by atoms with Gasteiger partial charge in [-0.2, -0.15) is 0 Å². The molecule has 3 rings (SSSR count). The number of ether oxygens (including phenoxy) is 2. The van der Waals surface area contributed by atoms with Crippen LogP contribution in [0, 0.1) is 5.92 Å². The summed E-state index contributed by atoms with van der Waals surface area (Å²) in [6, 6.07) is 7.89. The van der Waals surface area contributed by atoms with E-state index >= 15 is 0 Å². The number of hydrogen-bond acceptors (Lipinski definition) is 4. The monoisotopic (exact) mass is 261 g/mol. The maximum absolute atomic E-state index is 5.99. The van der Waals surface area contributed by atoms with Crippen LogP contribution in [0.1, 0.15) is 18.6 Å². The zero-order chi connectivity index (χ0) is 13.1. The van der Waals surface area contributed by atoms with E-state index in [4.69, 9.17) is 19.6 Å². The fourth-order valence-electron chi connectivity index (χ4n) is 2.48. The molecule has 4 heteroatoms. The molecule has 0 bridgehead atoms. The molecule has 0 radical (unpaired) electrons. The lowest BCUT2D eigenvalue weighted by molar-refractivity contribution is 0.0496. The lowest BCUT2D eigenvalue weighted by atomic mass is 10.0. The molecule has 0 saturated carbocycles. The summed E-state index contributed by atoms with van der Waals surface area (Å²) < 4.78 is 17.1. The molecule has 1 aliphatic rings. The van der Waals surface area contributed by atoms with E-state index in [1.54, 1.807) is 0 Å². The number of rotatable bonds is 4. The normalized spacial score (nSPS) is 16.9. The molecule has 102 valence electrons. The van der Waals surface area contributed by atoms with Crippen molar-refractivity contribution < 1.29 is 13.9 Å². The molecule has 1 aromatic carbocycles. The van der Waals surface area contributed by atoms with Crippen molar-refractivity contribution in [3.8, 4) is 5.75 Å². The Bertz CT molecular complexity index is 543. The van der Waals surface area contributed by atoms with Crippen LogP contribution < -0.4 is 10.5 Å². The Balaban J connectivity index is 1.78. The molecule has 0 atom stereocenters. The van der Waals surface area contributed by atoms with Gasteiger partial charge in [0.1, 0.15) is 5.58 Å². The van der Waals surface area contributed by atoms with Crippen LogP contribution in [0.25, 0.3) is 11.0 Å². The van der Waals surface area contributed by atoms with Crippen molar-refractivity contribution in [1.82, 2.24) is 0 Å². The predicted octanol–water partition coefficient (Wildman–Crippen LogP) is 2.70. The molecule has 0 amide bonds. The molecule has 2 N–H and O–H groups in total. The zero-order valence-corrected chi connectivity index (χ0v) is 10.9. The molecule has 0 aliphatic carbocycles. The summed E-state index contributed by atoms with van der Waals surface area (Å²) in [5.41, 5.74) is 6.57. The van der Waals surface area contributed by atoms with Crippen LogP contribution >= 0.6 is 0 Å². The maximum Gasteiger partial charge on any atom is 0.169 e. The first-order valence-electron chi connectivity index (χ1n) is 6.79. The number of nitrogens with two attached hydrogens (primary N) is 1. The summed E-state index contributed by atoms with van der Waals surface area (Å²) >= 11 is 0. The van der Waals surface area contributed by atoms with Gasteiger partial charge in [-0.3, -0.25) is 0 Å². The van der Waals surface area contributed by atoms with Gasteiger partial charge in [0.25, 0.3) is 0 Å². The quantitative estimate of drug-likeness (QED) is 0.919. The van der Waals surface area contributed by atoms with Gasteiger partial charge in [-0.1, -0.05) is 12.1 Å². The molecule has 0 spiro atoms. The van der Waals surface area contributed by atoms with Crippen LogP contribution in [0.2, 0.25) is 0 Å². The summed E-state index contributed by atoms with van der Waals surface area (Å²) in [4.78, 5) is 0. The van der Waals surface area contributed by atoms with Gasteiger partial charge in [-0.25, -0.2) is 0 Å². The van der Waals surface area contributed by atoms with E-state index in [1.807, 2.05) is 24.3 Å². The fourth-order valence-corrected chi connectivity index (χ4v) is 2.48. The number of hydrogen-bond donors (Lipinski definition) is 1. The summed E-state index contributed by atoms with van der Waals surface area (Å²) in [5, 5.41) is 1.01. The van der Waals surface area contributed by atoms with Crippen molar-refractivity contribution in [2.24, 2.45) is 11.7 Å². The van der Waals surface area contributed by atoms with Crippen LogP contribution in [-0.2, 0) is 11.3 Å². The van der Waals surface area contributed by atoms with E-state index in [9.17, 15) is 0 Å². The minimum atomic E-state index is 0.359. The highest BCUT2D eigenvalue weighted by molar-refractivity contribution is 5.85. The topological polar surface area (TPSA) is 57.6 Å². The van der Waals surface area contributed by atoms with E-state index in [1.165, 1.54) is 0 Å². The van der Waals surface area contributed by atoms with E-state index in [0.29, 0.717) is 19.1 Å². The number of furan rings is 1. The molecule has 1 aromatic heterocycles. The summed E-state index contributed by atoms with van der Waals surface area (Å²) in [7, 11) is 0. The Morgan fingerprint density at radius 3 is 2.79 bits per heavy atom. The van der Waals surface area contributed by atoms with Crippen LogP contribution in [-0.4, -0.2) is 19.8 Å². The minimum Gasteiger partial charge on any atom is -0.489 e. The average molecular weight is 261 g/mol. The number of para-hydroxylation sites is 1. The van der Waals surface area contributed by atoms with Gasteiger partial charge in [0.15, 0.2) is 11.5 Å². The molecule has 1 aliphatic heterocycles. The first-order chi connectivity index (χ1) is 9.38. The Kier molecular flexibility index (Phi) is 3.71. The SMILES string of the molecule is NCc1oc2ccccc2c1OCC1CCOCC1. The third-order valence-corrected chi connectivity index (χ3v) is 3.61. The van der Waals surface area contributed by atoms with Crippen molar-refractivity contribution in [2.75, 3.05) is 19.8 Å². The van der Waals surface area contributed by atoms with E-state index in [-0.39, 0.29) is 0 Å². The number of fused-ring (bicyclic) bond motifs is 1. The molecule has 0 unspecified atom stereocenters. The first-order valence-corrected chi connectivity index (χ1v) is 6.79. The molecular formula is C15H19NO3. The standard InChI is InChI=1S/C15H19NO3/c16-9-14-15(12-3-1-2-4-13(12)19-14)18-10-11-5-7-17-8-6-11/h1-4,11H,5-10,16H2. The molecule has 2 aromatic rings. The maximum atomic E-state index is 5.99. The van der Waals surface area contributed by atoms with Crippen molar-refractivity contribution in [3.05, 3.63) is 30.0 Å². The Morgan fingerprint density at radius 1 is 1.21 bits per heavy atom. The Hall–Kier alpha value is -1.52. The molecule has 4 nitrogen and oxygen atoms in total. The van der Waals surface area contributed by atoms with Gasteiger partial charge in [-0.05, 0) is 30.9 Å². The first kappa shape index (κ1) is 12.5. The summed E-state index contributed by atoms with van der Waals surface area (Å²) in [6.45, 7) is 2.74. The predicted molar refractivity (Wildman–Crippen MR) is 73.1 cm³/mol. The molecule has 1 saturated heterocycles. The van der Waals surface area contributed by atoms with Crippen molar-refractivity contribution >= 4 is 11.0 Å². The van der Waals surface area contributed by atoms with Gasteiger partial charge in [0.05, 0.1) is 18.5 Å². The van der Waals surface area contributed by atoms with Crippen molar-refractivity contribution in [3.63, 3.8) is 0 Å². The summed E-state index contributed by atoms with van der Waals surface area (Å²) in [5.74, 6) is 2.10. The average Bonchev–Trinajstić information content (AvgIpc) is 2.84. The third-order valence-electron chi connectivity index (χ3n) is 3.61. The van der Waals surface area contributed by atoms with Gasteiger partial charge >= 0.3 is 0 Å². The van der Waals surface area contributed by atoms with Gasteiger partial charge in [-0.15, -0.1) is 0 Å². The molecular weight excluding hydrogens is 242 g/mol. The Labute approximate surface area is 112 Å². The highest BCUT2D eigenvalue weighted by Crippen LogP contribution is 2.33. The minimum absolute atomic E-state index is 0.359. The highest BCUT2D eigenvalue weighted by Gasteiger charge is 2.18. The Morgan fingerprint density at radius 2 is 2.00 bits per heavy atom. The van der Waals surface area contributed by atoms with Gasteiger partial charge in [0, 0.05) is 13.2 Å². The highest BCUT2D eigenvalue weighted by atomic mass is 16.5. The molecule has 1 fully saturated rings.